The third kappa shape index (κ3) is 4.48. The molecule has 1 aromatic heterocycles. The summed E-state index contributed by atoms with van der Waals surface area (Å²) in [5.74, 6) is -0.303. The second kappa shape index (κ2) is 9.91. The van der Waals surface area contributed by atoms with E-state index < -0.39 is 17.2 Å². The molecule has 1 fully saturated rings. The Morgan fingerprint density at radius 2 is 1.75 bits per heavy atom. The smallest absolute Gasteiger partial charge is 0.247 e. The van der Waals surface area contributed by atoms with E-state index in [9.17, 15) is 9.59 Å². The van der Waals surface area contributed by atoms with Gasteiger partial charge >= 0.3 is 0 Å². The highest BCUT2D eigenvalue weighted by Crippen LogP contribution is 2.50. The number of benzene rings is 3. The lowest BCUT2D eigenvalue weighted by atomic mass is 9.55. The number of hydrogen-bond acceptors (Lipinski definition) is 5. The van der Waals surface area contributed by atoms with Crippen molar-refractivity contribution in [2.45, 2.75) is 32.8 Å². The number of Topliss-reactive ketones (excluding diaryl/α,β-unsaturated/α-hetero) is 1. The number of carbonyl (C=O) groups is 2. The van der Waals surface area contributed by atoms with Gasteiger partial charge in [0.1, 0.15) is 18.1 Å². The van der Waals surface area contributed by atoms with Gasteiger partial charge in [0.25, 0.3) is 0 Å². The number of ketones is 1. The molecule has 0 radical (unpaired) electrons. The van der Waals surface area contributed by atoms with Gasteiger partial charge in [-0.2, -0.15) is 0 Å². The van der Waals surface area contributed by atoms with Crippen LogP contribution in [0.15, 0.2) is 84.9 Å². The Kier molecular flexibility index (Phi) is 6.53. The average Bonchev–Trinajstić information content (AvgIpc) is 2.90. The Morgan fingerprint density at radius 1 is 1.03 bits per heavy atom. The van der Waals surface area contributed by atoms with Crippen LogP contribution in [-0.4, -0.2) is 21.9 Å². The summed E-state index contributed by atoms with van der Waals surface area (Å²) in [6.07, 6.45) is 1.69. The van der Waals surface area contributed by atoms with E-state index in [1.54, 1.807) is 5.48 Å². The van der Waals surface area contributed by atoms with Crippen molar-refractivity contribution in [1.29, 1.82) is 0 Å². The molecule has 1 heterocycles. The summed E-state index contributed by atoms with van der Waals surface area (Å²) >= 11 is 0. The van der Waals surface area contributed by atoms with E-state index in [1.807, 2.05) is 72.8 Å². The van der Waals surface area contributed by atoms with Crippen molar-refractivity contribution in [2.75, 3.05) is 0 Å². The fourth-order valence-corrected chi connectivity index (χ4v) is 5.21. The van der Waals surface area contributed by atoms with Gasteiger partial charge in [0, 0.05) is 21.9 Å². The van der Waals surface area contributed by atoms with Crippen LogP contribution in [0, 0.1) is 11.3 Å². The minimum atomic E-state index is -0.765. The summed E-state index contributed by atoms with van der Waals surface area (Å²) in [4.78, 5) is 29.3. The molecule has 1 aliphatic carbocycles. The molecule has 1 saturated carbocycles. The van der Waals surface area contributed by atoms with Gasteiger partial charge in [0.15, 0.2) is 0 Å². The number of rotatable bonds is 8. The SMILES string of the molecule is CC(=O)[C@@]1(Cc2ccc(OCc3cc(-c4ccccc4)nc4ccccc34)cc2)CC[C@@H]1C(=O)NO. The van der Waals surface area contributed by atoms with Crippen LogP contribution in [0.2, 0.25) is 0 Å². The number of amides is 1. The van der Waals surface area contributed by atoms with Gasteiger partial charge in [0.2, 0.25) is 5.91 Å². The first-order chi connectivity index (χ1) is 17.5. The lowest BCUT2D eigenvalue weighted by Gasteiger charge is -2.46. The molecule has 0 spiro atoms. The molecular formula is C30H28N2O4. The molecule has 5 rings (SSSR count). The van der Waals surface area contributed by atoms with E-state index in [4.69, 9.17) is 14.9 Å². The number of aromatic nitrogens is 1. The fourth-order valence-electron chi connectivity index (χ4n) is 5.21. The Labute approximate surface area is 209 Å². The molecule has 4 aromatic rings. The maximum Gasteiger partial charge on any atom is 0.247 e. The molecular weight excluding hydrogens is 452 g/mol. The van der Waals surface area contributed by atoms with Crippen LogP contribution < -0.4 is 10.2 Å². The molecule has 1 aliphatic rings. The van der Waals surface area contributed by atoms with Crippen molar-refractivity contribution >= 4 is 22.6 Å². The molecule has 6 heteroatoms. The minimum absolute atomic E-state index is 0.0264. The molecule has 182 valence electrons. The van der Waals surface area contributed by atoms with E-state index in [0.29, 0.717) is 25.9 Å². The number of fused-ring (bicyclic) bond motifs is 1. The van der Waals surface area contributed by atoms with Crippen molar-refractivity contribution in [3.63, 3.8) is 0 Å². The number of carbonyl (C=O) groups excluding carboxylic acids is 2. The summed E-state index contributed by atoms with van der Waals surface area (Å²) < 4.78 is 6.15. The van der Waals surface area contributed by atoms with Crippen molar-refractivity contribution in [2.24, 2.45) is 11.3 Å². The molecule has 3 aromatic carbocycles. The topological polar surface area (TPSA) is 88.5 Å². The molecule has 0 bridgehead atoms. The lowest BCUT2D eigenvalue weighted by molar-refractivity contribution is -0.154. The van der Waals surface area contributed by atoms with Crippen LogP contribution in [0.3, 0.4) is 0 Å². The highest BCUT2D eigenvalue weighted by atomic mass is 16.5. The van der Waals surface area contributed by atoms with Crippen molar-refractivity contribution in [1.82, 2.24) is 10.5 Å². The molecule has 2 N–H and O–H groups in total. The standard InChI is InChI=1S/C30H28N2O4/c1-20(33)30(16-15-26(30)29(34)32-35)18-21-11-13-24(14-12-21)36-19-23-17-28(22-7-3-2-4-8-22)31-27-10-6-5-9-25(23)27/h2-14,17,26,35H,15-16,18-19H2,1H3,(H,32,34)/t26-,30+/m1/s1. The molecule has 2 atom stereocenters. The second-order valence-corrected chi connectivity index (χ2v) is 9.44. The number of para-hydroxylation sites is 1. The molecule has 6 nitrogen and oxygen atoms in total. The number of hydroxylamine groups is 1. The summed E-state index contributed by atoms with van der Waals surface area (Å²) in [7, 11) is 0. The van der Waals surface area contributed by atoms with Gasteiger partial charge in [0.05, 0.1) is 17.1 Å². The van der Waals surface area contributed by atoms with Gasteiger partial charge < -0.3 is 4.74 Å². The van der Waals surface area contributed by atoms with E-state index in [1.165, 1.54) is 6.92 Å². The van der Waals surface area contributed by atoms with Crippen molar-refractivity contribution in [3.05, 3.63) is 96.1 Å². The molecule has 0 unspecified atom stereocenters. The minimum Gasteiger partial charge on any atom is -0.489 e. The maximum atomic E-state index is 12.5. The van der Waals surface area contributed by atoms with Crippen LogP contribution >= 0.6 is 0 Å². The number of nitrogens with zero attached hydrogens (tertiary/aromatic N) is 1. The van der Waals surface area contributed by atoms with Crippen LogP contribution in [0.25, 0.3) is 22.2 Å². The number of nitrogens with one attached hydrogen (secondary N) is 1. The van der Waals surface area contributed by atoms with Crippen molar-refractivity contribution in [3.8, 4) is 17.0 Å². The molecule has 1 amide bonds. The van der Waals surface area contributed by atoms with Crippen molar-refractivity contribution < 1.29 is 19.5 Å². The largest absolute Gasteiger partial charge is 0.489 e. The van der Waals surface area contributed by atoms with Gasteiger partial charge in [-0.3, -0.25) is 14.8 Å². The molecule has 36 heavy (non-hydrogen) atoms. The van der Waals surface area contributed by atoms with Gasteiger partial charge in [-0.25, -0.2) is 10.5 Å². The zero-order chi connectivity index (χ0) is 25.1. The Morgan fingerprint density at radius 3 is 2.42 bits per heavy atom. The Balaban J connectivity index is 1.34. The zero-order valence-corrected chi connectivity index (χ0v) is 20.1. The molecule has 0 saturated heterocycles. The zero-order valence-electron chi connectivity index (χ0n) is 20.1. The highest BCUT2D eigenvalue weighted by Gasteiger charge is 2.53. The van der Waals surface area contributed by atoms with Gasteiger partial charge in [-0.05, 0) is 56.0 Å². The summed E-state index contributed by atoms with van der Waals surface area (Å²) in [5.41, 5.74) is 5.83. The third-order valence-corrected chi connectivity index (χ3v) is 7.38. The predicted molar refractivity (Wildman–Crippen MR) is 137 cm³/mol. The first-order valence-corrected chi connectivity index (χ1v) is 12.1. The second-order valence-electron chi connectivity index (χ2n) is 9.44. The van der Waals surface area contributed by atoms with Crippen LogP contribution in [0.5, 0.6) is 5.75 Å². The quantitative estimate of drug-likeness (QED) is 0.256. The first-order valence-electron chi connectivity index (χ1n) is 12.1. The Bertz CT molecular complexity index is 1400. The van der Waals surface area contributed by atoms with E-state index >= 15 is 0 Å². The Hall–Kier alpha value is -4.03. The van der Waals surface area contributed by atoms with Gasteiger partial charge in [-0.15, -0.1) is 0 Å². The maximum absolute atomic E-state index is 12.5. The number of hydrogen-bond donors (Lipinski definition) is 2. The number of ether oxygens (including phenoxy) is 1. The first kappa shape index (κ1) is 23.7. The monoisotopic (exact) mass is 480 g/mol. The van der Waals surface area contributed by atoms with E-state index in [0.717, 1.165) is 39.0 Å². The van der Waals surface area contributed by atoms with E-state index in [2.05, 4.69) is 12.1 Å². The van der Waals surface area contributed by atoms with Crippen LogP contribution in [-0.2, 0) is 22.6 Å². The number of pyridine rings is 1. The summed E-state index contributed by atoms with van der Waals surface area (Å²) in [6, 6.07) is 27.9. The normalized spacial score (nSPS) is 18.9. The summed E-state index contributed by atoms with van der Waals surface area (Å²) in [5, 5.41) is 10.1. The van der Waals surface area contributed by atoms with Crippen LogP contribution in [0.1, 0.15) is 30.9 Å². The summed E-state index contributed by atoms with van der Waals surface area (Å²) in [6.45, 7) is 1.91. The fraction of sp³-hybridized carbons (Fsp3) is 0.233. The third-order valence-electron chi connectivity index (χ3n) is 7.38. The average molecular weight is 481 g/mol. The van der Waals surface area contributed by atoms with E-state index in [-0.39, 0.29) is 5.78 Å². The van der Waals surface area contributed by atoms with Gasteiger partial charge in [-0.1, -0.05) is 60.7 Å². The predicted octanol–water partition coefficient (Wildman–Crippen LogP) is 5.51. The molecule has 0 aliphatic heterocycles. The lowest BCUT2D eigenvalue weighted by Crippen LogP contribution is -2.53. The van der Waals surface area contributed by atoms with Crippen LogP contribution in [0.4, 0.5) is 0 Å². The highest BCUT2D eigenvalue weighted by molar-refractivity contribution is 5.92.